The van der Waals surface area contributed by atoms with E-state index >= 15 is 0 Å². The molecule has 2 aliphatic rings. The van der Waals surface area contributed by atoms with Crippen LogP contribution in [0.5, 0.6) is 5.75 Å². The number of rotatable bonds is 7. The van der Waals surface area contributed by atoms with Crippen LogP contribution in [0.15, 0.2) is 54.2 Å². The third kappa shape index (κ3) is 4.51. The monoisotopic (exact) mass is 437 g/mol. The van der Waals surface area contributed by atoms with Gasteiger partial charge >= 0.3 is 0 Å². The Bertz CT molecular complexity index is 1000. The molecule has 1 N–H and O–H groups in total. The lowest BCUT2D eigenvalue weighted by Crippen LogP contribution is -2.39. The molecule has 8 heteroatoms. The molecule has 4 rings (SSSR count). The van der Waals surface area contributed by atoms with Crippen LogP contribution in [0, 0.1) is 0 Å². The molecule has 2 fully saturated rings. The first-order chi connectivity index (χ1) is 15.6. The largest absolute Gasteiger partial charge is 0.507 e. The number of ketones is 1. The smallest absolute Gasteiger partial charge is 0.295 e. The molecule has 1 amide bonds. The lowest BCUT2D eigenvalue weighted by atomic mass is 9.98. The summed E-state index contributed by atoms with van der Waals surface area (Å²) in [5.41, 5.74) is 1.01. The van der Waals surface area contributed by atoms with Crippen LogP contribution in [0.3, 0.4) is 0 Å². The van der Waals surface area contributed by atoms with E-state index in [2.05, 4.69) is 9.88 Å². The van der Waals surface area contributed by atoms with Crippen molar-refractivity contribution in [1.29, 1.82) is 0 Å². The zero-order valence-electron chi connectivity index (χ0n) is 18.1. The van der Waals surface area contributed by atoms with E-state index in [-0.39, 0.29) is 11.3 Å². The van der Waals surface area contributed by atoms with Crippen LogP contribution in [0.1, 0.15) is 23.7 Å². The van der Waals surface area contributed by atoms with Gasteiger partial charge in [0.2, 0.25) is 0 Å². The minimum absolute atomic E-state index is 0.0494. The maximum atomic E-state index is 13.0. The molecule has 1 atom stereocenters. The van der Waals surface area contributed by atoms with Crippen molar-refractivity contribution < 1.29 is 24.2 Å². The average Bonchev–Trinajstić information content (AvgIpc) is 3.10. The van der Waals surface area contributed by atoms with Gasteiger partial charge in [0, 0.05) is 37.9 Å². The second kappa shape index (κ2) is 9.93. The molecule has 8 nitrogen and oxygen atoms in total. The highest BCUT2D eigenvalue weighted by Gasteiger charge is 2.46. The number of Topliss-reactive ketones (excluding diaryl/α,β-unsaturated/α-hetero) is 1. The number of benzene rings is 1. The van der Waals surface area contributed by atoms with E-state index in [0.29, 0.717) is 43.2 Å². The Kier molecular flexibility index (Phi) is 6.82. The summed E-state index contributed by atoms with van der Waals surface area (Å²) in [6.07, 6.45) is 2.32. The minimum atomic E-state index is -0.743. The summed E-state index contributed by atoms with van der Waals surface area (Å²) >= 11 is 0. The van der Waals surface area contributed by atoms with Crippen molar-refractivity contribution in [2.45, 2.75) is 12.5 Å². The van der Waals surface area contributed by atoms with Crippen LogP contribution < -0.4 is 4.74 Å². The van der Waals surface area contributed by atoms with Crippen molar-refractivity contribution in [1.82, 2.24) is 14.8 Å². The maximum Gasteiger partial charge on any atom is 0.295 e. The molecule has 0 aliphatic carbocycles. The van der Waals surface area contributed by atoms with Crippen molar-refractivity contribution in [2.24, 2.45) is 0 Å². The van der Waals surface area contributed by atoms with E-state index in [1.165, 1.54) is 12.0 Å². The lowest BCUT2D eigenvalue weighted by molar-refractivity contribution is -0.140. The van der Waals surface area contributed by atoms with Gasteiger partial charge in [-0.15, -0.1) is 0 Å². The number of likely N-dealkylation sites (tertiary alicyclic amines) is 1. The minimum Gasteiger partial charge on any atom is -0.507 e. The van der Waals surface area contributed by atoms with Gasteiger partial charge in [0.05, 0.1) is 31.6 Å². The van der Waals surface area contributed by atoms with E-state index in [9.17, 15) is 14.7 Å². The Hall–Kier alpha value is -3.23. The van der Waals surface area contributed by atoms with Gasteiger partial charge in [-0.3, -0.25) is 19.5 Å². The predicted molar refractivity (Wildman–Crippen MR) is 118 cm³/mol. The van der Waals surface area contributed by atoms with Crippen molar-refractivity contribution in [3.8, 4) is 5.75 Å². The first kappa shape index (κ1) is 22.0. The van der Waals surface area contributed by atoms with E-state index in [1.807, 2.05) is 6.07 Å². The predicted octanol–water partition coefficient (Wildman–Crippen LogP) is 2.23. The Balaban J connectivity index is 1.65. The first-order valence-electron chi connectivity index (χ1n) is 10.7. The summed E-state index contributed by atoms with van der Waals surface area (Å²) in [5.74, 6) is -1.00. The molecule has 0 spiro atoms. The molecule has 0 unspecified atom stereocenters. The number of aliphatic hydroxyl groups is 1. The number of amides is 1. The summed E-state index contributed by atoms with van der Waals surface area (Å²) in [7, 11) is 1.53. The summed E-state index contributed by atoms with van der Waals surface area (Å²) in [4.78, 5) is 34.2. The number of aromatic nitrogens is 1. The molecule has 32 heavy (non-hydrogen) atoms. The highest BCUT2D eigenvalue weighted by molar-refractivity contribution is 6.46. The van der Waals surface area contributed by atoms with Crippen LogP contribution >= 0.6 is 0 Å². The number of ether oxygens (including phenoxy) is 2. The van der Waals surface area contributed by atoms with E-state index in [4.69, 9.17) is 9.47 Å². The van der Waals surface area contributed by atoms with Gasteiger partial charge in [0.15, 0.2) is 0 Å². The van der Waals surface area contributed by atoms with Crippen molar-refractivity contribution >= 4 is 17.4 Å². The molecule has 1 aromatic heterocycles. The second-order valence-electron chi connectivity index (χ2n) is 7.79. The fourth-order valence-corrected chi connectivity index (χ4v) is 4.17. The van der Waals surface area contributed by atoms with Crippen molar-refractivity contribution in [2.75, 3.05) is 46.5 Å². The number of pyridine rings is 1. The molecule has 0 radical (unpaired) electrons. The Labute approximate surface area is 187 Å². The number of hydrogen-bond acceptors (Lipinski definition) is 7. The van der Waals surface area contributed by atoms with Crippen LogP contribution in [-0.2, 0) is 14.3 Å². The molecule has 2 aliphatic heterocycles. The van der Waals surface area contributed by atoms with Gasteiger partial charge in [-0.2, -0.15) is 0 Å². The van der Waals surface area contributed by atoms with Gasteiger partial charge in [-0.1, -0.05) is 18.2 Å². The van der Waals surface area contributed by atoms with E-state index in [1.54, 1.807) is 42.6 Å². The van der Waals surface area contributed by atoms with Crippen LogP contribution in [0.4, 0.5) is 0 Å². The Morgan fingerprint density at radius 2 is 1.97 bits per heavy atom. The van der Waals surface area contributed by atoms with Crippen LogP contribution in [0.25, 0.3) is 5.76 Å². The number of carbonyl (C=O) groups is 2. The number of aliphatic hydroxyl groups excluding tert-OH is 1. The summed E-state index contributed by atoms with van der Waals surface area (Å²) < 4.78 is 10.6. The third-order valence-electron chi connectivity index (χ3n) is 5.83. The SMILES string of the molecule is COc1cccc(C(O)=C2C(=O)C(=O)N(CCCN3CCOCC3)[C@@H]2c2ccccn2)c1. The summed E-state index contributed by atoms with van der Waals surface area (Å²) in [6, 6.07) is 11.4. The lowest BCUT2D eigenvalue weighted by Gasteiger charge is -2.28. The van der Waals surface area contributed by atoms with E-state index < -0.39 is 17.7 Å². The van der Waals surface area contributed by atoms with Gasteiger partial charge in [0.25, 0.3) is 11.7 Å². The zero-order valence-corrected chi connectivity index (χ0v) is 18.1. The third-order valence-corrected chi connectivity index (χ3v) is 5.83. The Morgan fingerprint density at radius 1 is 1.16 bits per heavy atom. The molecular formula is C24H27N3O5. The van der Waals surface area contributed by atoms with Gasteiger partial charge in [-0.25, -0.2) is 0 Å². The molecule has 0 saturated carbocycles. The maximum absolute atomic E-state index is 13.0. The molecule has 3 heterocycles. The second-order valence-corrected chi connectivity index (χ2v) is 7.79. The van der Waals surface area contributed by atoms with Crippen molar-refractivity contribution in [3.63, 3.8) is 0 Å². The quantitative estimate of drug-likeness (QED) is 0.403. The zero-order chi connectivity index (χ0) is 22.5. The summed E-state index contributed by atoms with van der Waals surface area (Å²) in [6.45, 7) is 4.32. The normalized spacial score (nSPS) is 21.2. The average molecular weight is 437 g/mol. The highest BCUT2D eigenvalue weighted by atomic mass is 16.5. The number of nitrogens with zero attached hydrogens (tertiary/aromatic N) is 3. The molecule has 2 aromatic rings. The molecule has 2 saturated heterocycles. The number of morpholine rings is 1. The van der Waals surface area contributed by atoms with Gasteiger partial charge in [0.1, 0.15) is 17.6 Å². The molecule has 168 valence electrons. The standard InChI is InChI=1S/C24H27N3O5/c1-31-18-7-4-6-17(16-18)22(28)20-21(19-8-2-3-9-25-19)27(24(30)23(20)29)11-5-10-26-12-14-32-15-13-26/h2-4,6-9,16,21,28H,5,10-15H2,1H3/t21-/m1/s1. The van der Waals surface area contributed by atoms with Crippen LogP contribution in [0.2, 0.25) is 0 Å². The summed E-state index contributed by atoms with van der Waals surface area (Å²) in [5, 5.41) is 11.1. The topological polar surface area (TPSA) is 92.2 Å². The number of methoxy groups -OCH3 is 1. The van der Waals surface area contributed by atoms with E-state index in [0.717, 1.165) is 19.6 Å². The van der Waals surface area contributed by atoms with Gasteiger partial charge in [-0.05, 0) is 30.7 Å². The van der Waals surface area contributed by atoms with Crippen molar-refractivity contribution in [3.05, 3.63) is 65.5 Å². The fraction of sp³-hybridized carbons (Fsp3) is 0.375. The highest BCUT2D eigenvalue weighted by Crippen LogP contribution is 2.39. The molecular weight excluding hydrogens is 410 g/mol. The molecule has 0 bridgehead atoms. The fourth-order valence-electron chi connectivity index (χ4n) is 4.17. The van der Waals surface area contributed by atoms with Gasteiger partial charge < -0.3 is 19.5 Å². The number of carbonyl (C=O) groups excluding carboxylic acids is 2. The Morgan fingerprint density at radius 3 is 2.69 bits per heavy atom. The number of hydrogen-bond donors (Lipinski definition) is 1. The van der Waals surface area contributed by atoms with Crippen LogP contribution in [-0.4, -0.2) is 78.1 Å². The molecule has 1 aromatic carbocycles. The first-order valence-corrected chi connectivity index (χ1v) is 10.7.